The Kier molecular flexibility index (Phi) is 3.03. The van der Waals surface area contributed by atoms with E-state index >= 15 is 0 Å². The highest BCUT2D eigenvalue weighted by atomic mass is 16.6. The first-order valence-corrected chi connectivity index (χ1v) is 6.35. The summed E-state index contributed by atoms with van der Waals surface area (Å²) in [7, 11) is 1.95. The molecule has 0 radical (unpaired) electrons. The lowest BCUT2D eigenvalue weighted by Gasteiger charge is -2.19. The monoisotopic (exact) mass is 259 g/mol. The molecule has 1 aromatic carbocycles. The fourth-order valence-corrected chi connectivity index (χ4v) is 2.07. The lowest BCUT2D eigenvalue weighted by atomic mass is 10.2. The van der Waals surface area contributed by atoms with Gasteiger partial charge >= 0.3 is 0 Å². The summed E-state index contributed by atoms with van der Waals surface area (Å²) in [4.78, 5) is 0. The van der Waals surface area contributed by atoms with Crippen LogP contribution in [0.5, 0.6) is 11.5 Å². The number of hydrogen-bond donors (Lipinski definition) is 1. The average molecular weight is 259 g/mol. The van der Waals surface area contributed by atoms with Gasteiger partial charge in [-0.15, -0.1) is 0 Å². The first kappa shape index (κ1) is 11.9. The summed E-state index contributed by atoms with van der Waals surface area (Å²) >= 11 is 0. The van der Waals surface area contributed by atoms with Crippen LogP contribution in [-0.2, 0) is 13.6 Å². The smallest absolute Gasteiger partial charge is 0.163 e. The molecule has 5 heteroatoms. The zero-order valence-electron chi connectivity index (χ0n) is 11.1. The van der Waals surface area contributed by atoms with Crippen LogP contribution in [0.3, 0.4) is 0 Å². The summed E-state index contributed by atoms with van der Waals surface area (Å²) in [5, 5.41) is 7.61. The molecule has 1 aromatic heterocycles. The van der Waals surface area contributed by atoms with Gasteiger partial charge in [-0.2, -0.15) is 5.10 Å². The van der Waals surface area contributed by atoms with Crippen LogP contribution in [0.2, 0.25) is 0 Å². The Hall–Kier alpha value is -2.17. The van der Waals surface area contributed by atoms with Crippen molar-refractivity contribution in [3.8, 4) is 11.5 Å². The van der Waals surface area contributed by atoms with Crippen molar-refractivity contribution in [3.63, 3.8) is 0 Å². The number of hydrogen-bond acceptors (Lipinski definition) is 4. The van der Waals surface area contributed by atoms with Gasteiger partial charge in [-0.05, 0) is 19.1 Å². The van der Waals surface area contributed by atoms with E-state index in [2.05, 4.69) is 17.3 Å². The maximum atomic E-state index is 5.56. The van der Waals surface area contributed by atoms with Crippen molar-refractivity contribution in [2.75, 3.05) is 18.5 Å². The summed E-state index contributed by atoms with van der Waals surface area (Å²) < 4.78 is 12.9. The van der Waals surface area contributed by atoms with E-state index in [1.54, 1.807) is 0 Å². The molecule has 0 unspecified atom stereocenters. The summed E-state index contributed by atoms with van der Waals surface area (Å²) in [6.45, 7) is 4.04. The molecule has 2 aromatic rings. The molecule has 0 bridgehead atoms. The Morgan fingerprint density at radius 3 is 2.79 bits per heavy atom. The molecule has 1 aliphatic rings. The van der Waals surface area contributed by atoms with Crippen LogP contribution in [0.1, 0.15) is 11.3 Å². The normalized spacial score (nSPS) is 13.4. The molecular formula is C14H17N3O2. The second-order valence-electron chi connectivity index (χ2n) is 4.59. The molecule has 0 saturated carbocycles. The van der Waals surface area contributed by atoms with E-state index in [-0.39, 0.29) is 0 Å². The molecule has 100 valence electrons. The Morgan fingerprint density at radius 1 is 1.26 bits per heavy atom. The molecule has 2 heterocycles. The van der Waals surface area contributed by atoms with E-state index in [0.29, 0.717) is 13.2 Å². The van der Waals surface area contributed by atoms with Crippen molar-refractivity contribution in [2.24, 2.45) is 7.05 Å². The van der Waals surface area contributed by atoms with Crippen molar-refractivity contribution < 1.29 is 9.47 Å². The minimum atomic E-state index is 0.609. The number of aromatic nitrogens is 2. The molecule has 5 nitrogen and oxygen atoms in total. The number of anilines is 1. The minimum absolute atomic E-state index is 0.609. The minimum Gasteiger partial charge on any atom is -0.486 e. The maximum Gasteiger partial charge on any atom is 0.163 e. The fraction of sp³-hybridized carbons (Fsp3) is 0.357. The quantitative estimate of drug-likeness (QED) is 0.917. The van der Waals surface area contributed by atoms with Gasteiger partial charge in [0.05, 0.1) is 6.20 Å². The van der Waals surface area contributed by atoms with Gasteiger partial charge in [0.1, 0.15) is 13.2 Å². The predicted octanol–water partition coefficient (Wildman–Crippen LogP) is 2.11. The summed E-state index contributed by atoms with van der Waals surface area (Å²) in [5.74, 6) is 1.62. The SMILES string of the molecule is Cc1c(CNc2ccc3c(c2)OCCO3)cnn1C. The van der Waals surface area contributed by atoms with Gasteiger partial charge in [0, 0.05) is 36.6 Å². The lowest BCUT2D eigenvalue weighted by Crippen LogP contribution is -2.15. The highest BCUT2D eigenvalue weighted by Gasteiger charge is 2.11. The predicted molar refractivity (Wildman–Crippen MR) is 72.7 cm³/mol. The molecule has 0 aliphatic carbocycles. The maximum absolute atomic E-state index is 5.56. The van der Waals surface area contributed by atoms with Gasteiger partial charge in [0.15, 0.2) is 11.5 Å². The van der Waals surface area contributed by atoms with Crippen LogP contribution in [0, 0.1) is 6.92 Å². The van der Waals surface area contributed by atoms with Crippen LogP contribution in [0.15, 0.2) is 24.4 Å². The number of nitrogens with one attached hydrogen (secondary N) is 1. The van der Waals surface area contributed by atoms with E-state index in [1.165, 1.54) is 11.3 Å². The van der Waals surface area contributed by atoms with Crippen molar-refractivity contribution in [2.45, 2.75) is 13.5 Å². The molecule has 1 aliphatic heterocycles. The van der Waals surface area contributed by atoms with E-state index in [9.17, 15) is 0 Å². The largest absolute Gasteiger partial charge is 0.486 e. The summed E-state index contributed by atoms with van der Waals surface area (Å²) in [6, 6.07) is 5.91. The zero-order valence-corrected chi connectivity index (χ0v) is 11.1. The highest BCUT2D eigenvalue weighted by molar-refractivity contribution is 5.55. The number of nitrogens with zero attached hydrogens (tertiary/aromatic N) is 2. The van der Waals surface area contributed by atoms with Gasteiger partial charge in [0.25, 0.3) is 0 Å². The summed E-state index contributed by atoms with van der Waals surface area (Å²) in [6.07, 6.45) is 1.89. The van der Waals surface area contributed by atoms with Gasteiger partial charge in [-0.3, -0.25) is 4.68 Å². The van der Waals surface area contributed by atoms with Crippen LogP contribution < -0.4 is 14.8 Å². The molecule has 1 N–H and O–H groups in total. The second kappa shape index (κ2) is 4.84. The Balaban J connectivity index is 1.72. The first-order valence-electron chi connectivity index (χ1n) is 6.35. The fourth-order valence-electron chi connectivity index (χ4n) is 2.07. The third-order valence-electron chi connectivity index (χ3n) is 3.36. The molecule has 3 rings (SSSR count). The third-order valence-corrected chi connectivity index (χ3v) is 3.36. The molecule has 0 atom stereocenters. The summed E-state index contributed by atoms with van der Waals surface area (Å²) in [5.41, 5.74) is 3.38. The topological polar surface area (TPSA) is 48.3 Å². The van der Waals surface area contributed by atoms with Crippen LogP contribution in [-0.4, -0.2) is 23.0 Å². The number of rotatable bonds is 3. The molecule has 0 spiro atoms. The highest BCUT2D eigenvalue weighted by Crippen LogP contribution is 2.32. The van der Waals surface area contributed by atoms with Crippen molar-refractivity contribution in [3.05, 3.63) is 35.7 Å². The number of fused-ring (bicyclic) bond motifs is 1. The first-order chi connectivity index (χ1) is 9.24. The zero-order chi connectivity index (χ0) is 13.2. The van der Waals surface area contributed by atoms with E-state index in [4.69, 9.17) is 9.47 Å². The number of aryl methyl sites for hydroxylation is 1. The van der Waals surface area contributed by atoms with Gasteiger partial charge in [0.2, 0.25) is 0 Å². The second-order valence-corrected chi connectivity index (χ2v) is 4.59. The molecule has 0 fully saturated rings. The lowest BCUT2D eigenvalue weighted by molar-refractivity contribution is 0.171. The molecule has 19 heavy (non-hydrogen) atoms. The van der Waals surface area contributed by atoms with E-state index in [0.717, 1.165) is 23.7 Å². The van der Waals surface area contributed by atoms with Crippen LogP contribution in [0.4, 0.5) is 5.69 Å². The van der Waals surface area contributed by atoms with Crippen molar-refractivity contribution in [1.82, 2.24) is 9.78 Å². The average Bonchev–Trinajstić information content (AvgIpc) is 2.76. The molecular weight excluding hydrogens is 242 g/mol. The van der Waals surface area contributed by atoms with Crippen molar-refractivity contribution >= 4 is 5.69 Å². The van der Waals surface area contributed by atoms with Gasteiger partial charge in [-0.1, -0.05) is 0 Å². The van der Waals surface area contributed by atoms with Crippen molar-refractivity contribution in [1.29, 1.82) is 0 Å². The van der Waals surface area contributed by atoms with E-state index in [1.807, 2.05) is 36.1 Å². The number of ether oxygens (including phenoxy) is 2. The van der Waals surface area contributed by atoms with Crippen LogP contribution in [0.25, 0.3) is 0 Å². The Bertz CT molecular complexity index is 592. The third kappa shape index (κ3) is 2.36. The molecule has 0 saturated heterocycles. The Labute approximate surface area is 112 Å². The Morgan fingerprint density at radius 2 is 2.05 bits per heavy atom. The van der Waals surface area contributed by atoms with Gasteiger partial charge < -0.3 is 14.8 Å². The van der Waals surface area contributed by atoms with Gasteiger partial charge in [-0.25, -0.2) is 0 Å². The van der Waals surface area contributed by atoms with E-state index < -0.39 is 0 Å². The van der Waals surface area contributed by atoms with Crippen LogP contribution >= 0.6 is 0 Å². The standard InChI is InChI=1S/C14H17N3O2/c1-10-11(9-16-17(10)2)8-15-12-3-4-13-14(7-12)19-6-5-18-13/h3-4,7,9,15H,5-6,8H2,1-2H3. The number of benzene rings is 1. The molecule has 0 amide bonds.